The van der Waals surface area contributed by atoms with Gasteiger partial charge in [-0.25, -0.2) is 4.39 Å². The topological polar surface area (TPSA) is 12.0 Å². The van der Waals surface area contributed by atoms with Gasteiger partial charge in [-0.15, -0.1) is 0 Å². The third-order valence-electron chi connectivity index (χ3n) is 2.73. The Bertz CT molecular complexity index is 287. The molecule has 0 aromatic rings. The largest absolute Gasteiger partial charge is 0.309 e. The molecule has 0 unspecified atom stereocenters. The van der Waals surface area contributed by atoms with Crippen molar-refractivity contribution in [3.63, 3.8) is 0 Å². The maximum absolute atomic E-state index is 13.3. The highest BCUT2D eigenvalue weighted by molar-refractivity contribution is 5.27. The van der Waals surface area contributed by atoms with Gasteiger partial charge in [0.25, 0.3) is 0 Å². The highest BCUT2D eigenvalue weighted by Gasteiger charge is 2.06. The van der Waals surface area contributed by atoms with Crippen LogP contribution in [0.5, 0.6) is 0 Å². The van der Waals surface area contributed by atoms with E-state index in [0.717, 1.165) is 25.0 Å². The van der Waals surface area contributed by atoms with Gasteiger partial charge >= 0.3 is 0 Å². The Kier molecular flexibility index (Phi) is 5.33. The zero-order valence-electron chi connectivity index (χ0n) is 9.65. The van der Waals surface area contributed by atoms with Crippen molar-refractivity contribution in [1.29, 1.82) is 0 Å². The second-order valence-corrected chi connectivity index (χ2v) is 3.78. The van der Waals surface area contributed by atoms with Crippen LogP contribution in [0.2, 0.25) is 0 Å². The number of halogens is 1. The van der Waals surface area contributed by atoms with Crippen LogP contribution in [0.4, 0.5) is 4.39 Å². The first-order valence-corrected chi connectivity index (χ1v) is 5.66. The Morgan fingerprint density at radius 2 is 2.40 bits per heavy atom. The summed E-state index contributed by atoms with van der Waals surface area (Å²) in [6.07, 6.45) is 8.51. The molecule has 1 rings (SSSR count). The predicted molar refractivity (Wildman–Crippen MR) is 63.4 cm³/mol. The Labute approximate surface area is 91.8 Å². The molecule has 0 saturated heterocycles. The normalized spacial score (nSPS) is 17.4. The fourth-order valence-corrected chi connectivity index (χ4v) is 1.63. The molecule has 1 N–H and O–H groups in total. The van der Waals surface area contributed by atoms with Crippen LogP contribution in [0.3, 0.4) is 0 Å². The van der Waals surface area contributed by atoms with E-state index in [0.29, 0.717) is 13.0 Å². The quantitative estimate of drug-likeness (QED) is 0.683. The molecule has 0 amide bonds. The van der Waals surface area contributed by atoms with Gasteiger partial charge in [0.2, 0.25) is 0 Å². The van der Waals surface area contributed by atoms with Gasteiger partial charge in [0.1, 0.15) is 5.83 Å². The molecule has 1 nitrogen and oxygen atoms in total. The van der Waals surface area contributed by atoms with Gasteiger partial charge in [0, 0.05) is 19.5 Å². The zero-order valence-corrected chi connectivity index (χ0v) is 9.65. The average Bonchev–Trinajstić information content (AvgIpc) is 2.27. The summed E-state index contributed by atoms with van der Waals surface area (Å²) >= 11 is 0. The van der Waals surface area contributed by atoms with Crippen LogP contribution in [0.25, 0.3) is 0 Å². The summed E-state index contributed by atoms with van der Waals surface area (Å²) in [5.41, 5.74) is 2.18. The molecule has 0 spiro atoms. The fourth-order valence-electron chi connectivity index (χ4n) is 1.63. The van der Waals surface area contributed by atoms with E-state index in [1.807, 2.05) is 19.1 Å². The van der Waals surface area contributed by atoms with Crippen molar-refractivity contribution in [3.05, 3.63) is 35.2 Å². The Morgan fingerprint density at radius 1 is 1.60 bits per heavy atom. The molecule has 0 fully saturated rings. The first-order chi connectivity index (χ1) is 7.27. The van der Waals surface area contributed by atoms with Crippen LogP contribution >= 0.6 is 0 Å². The van der Waals surface area contributed by atoms with E-state index < -0.39 is 0 Å². The molecule has 15 heavy (non-hydrogen) atoms. The molecule has 0 aromatic carbocycles. The van der Waals surface area contributed by atoms with Gasteiger partial charge in [-0.05, 0) is 25.3 Å². The van der Waals surface area contributed by atoms with E-state index in [1.54, 1.807) is 0 Å². The van der Waals surface area contributed by atoms with E-state index in [-0.39, 0.29) is 5.83 Å². The van der Waals surface area contributed by atoms with Crippen molar-refractivity contribution in [1.82, 2.24) is 5.32 Å². The Hall–Kier alpha value is -0.890. The molecule has 0 saturated carbocycles. The van der Waals surface area contributed by atoms with Gasteiger partial charge < -0.3 is 5.32 Å². The summed E-state index contributed by atoms with van der Waals surface area (Å²) in [6.45, 7) is 5.68. The number of hydrogen-bond donors (Lipinski definition) is 1. The monoisotopic (exact) mass is 209 g/mol. The lowest BCUT2D eigenvalue weighted by Crippen LogP contribution is -2.20. The minimum Gasteiger partial charge on any atom is -0.309 e. The van der Waals surface area contributed by atoms with Crippen molar-refractivity contribution in [3.8, 4) is 0 Å². The predicted octanol–water partition coefficient (Wildman–Crippen LogP) is 3.51. The lowest BCUT2D eigenvalue weighted by molar-refractivity contribution is 0.569. The van der Waals surface area contributed by atoms with Crippen LogP contribution < -0.4 is 5.32 Å². The zero-order chi connectivity index (χ0) is 11.1. The van der Waals surface area contributed by atoms with Crippen LogP contribution in [0.1, 0.15) is 33.1 Å². The molecule has 1 aliphatic carbocycles. The van der Waals surface area contributed by atoms with E-state index in [4.69, 9.17) is 0 Å². The molecule has 0 aromatic heterocycles. The van der Waals surface area contributed by atoms with Crippen LogP contribution in [0, 0.1) is 0 Å². The number of allylic oxidation sites excluding steroid dienone is 3. The molecule has 1 aliphatic rings. The molecular weight excluding hydrogens is 189 g/mol. The van der Waals surface area contributed by atoms with Crippen LogP contribution in [0.15, 0.2) is 35.2 Å². The van der Waals surface area contributed by atoms with Gasteiger partial charge in [0.15, 0.2) is 0 Å². The summed E-state index contributed by atoms with van der Waals surface area (Å²) in [7, 11) is 0. The second-order valence-electron chi connectivity index (χ2n) is 3.78. The number of nitrogens with one attached hydrogen (secondary N) is 1. The summed E-state index contributed by atoms with van der Waals surface area (Å²) in [4.78, 5) is 0. The molecule has 0 bridgehead atoms. The summed E-state index contributed by atoms with van der Waals surface area (Å²) < 4.78 is 13.3. The summed E-state index contributed by atoms with van der Waals surface area (Å²) in [5, 5.41) is 3.27. The van der Waals surface area contributed by atoms with Crippen molar-refractivity contribution >= 4 is 0 Å². The summed E-state index contributed by atoms with van der Waals surface area (Å²) in [6, 6.07) is 0. The third kappa shape index (κ3) is 4.00. The van der Waals surface area contributed by atoms with E-state index in [9.17, 15) is 4.39 Å². The molecule has 2 heteroatoms. The van der Waals surface area contributed by atoms with E-state index in [2.05, 4.69) is 18.3 Å². The summed E-state index contributed by atoms with van der Waals surface area (Å²) in [5.74, 6) is 0.0449. The van der Waals surface area contributed by atoms with Crippen LogP contribution in [-0.4, -0.2) is 13.1 Å². The van der Waals surface area contributed by atoms with Crippen LogP contribution in [-0.2, 0) is 0 Å². The maximum Gasteiger partial charge on any atom is 0.105 e. The first kappa shape index (κ1) is 12.2. The fraction of sp³-hybridized carbons (Fsp3) is 0.538. The molecule has 0 atom stereocenters. The highest BCUT2D eigenvalue weighted by atomic mass is 19.1. The molecule has 0 radical (unpaired) electrons. The van der Waals surface area contributed by atoms with E-state index >= 15 is 0 Å². The average molecular weight is 209 g/mol. The molecule has 84 valence electrons. The minimum absolute atomic E-state index is 0.0449. The van der Waals surface area contributed by atoms with E-state index in [1.165, 1.54) is 5.57 Å². The molecular formula is C13H20FN. The van der Waals surface area contributed by atoms with Gasteiger partial charge in [0.05, 0.1) is 0 Å². The minimum atomic E-state index is 0.0449. The first-order valence-electron chi connectivity index (χ1n) is 5.66. The maximum atomic E-state index is 13.3. The molecule has 0 aliphatic heterocycles. The standard InChI is InChI=1S/C13H20FN/c1-3-11(4-2)9-15-10-12-7-5-6-8-13(12)14/h3,5,7,15H,4,6,8-10H2,1-2H3/b11-3+. The Balaban J connectivity index is 2.34. The SMILES string of the molecule is C/C=C(\CC)CNCC1=C(F)CCC=C1. The Morgan fingerprint density at radius 3 is 3.00 bits per heavy atom. The van der Waals surface area contributed by atoms with Crippen molar-refractivity contribution in [2.75, 3.05) is 13.1 Å². The smallest absolute Gasteiger partial charge is 0.105 e. The highest BCUT2D eigenvalue weighted by Crippen LogP contribution is 2.19. The number of hydrogen-bond acceptors (Lipinski definition) is 1. The lowest BCUT2D eigenvalue weighted by Gasteiger charge is -2.11. The van der Waals surface area contributed by atoms with Crippen molar-refractivity contribution in [2.45, 2.75) is 33.1 Å². The van der Waals surface area contributed by atoms with Gasteiger partial charge in [-0.3, -0.25) is 0 Å². The third-order valence-corrected chi connectivity index (χ3v) is 2.73. The van der Waals surface area contributed by atoms with Crippen molar-refractivity contribution in [2.24, 2.45) is 0 Å². The second kappa shape index (κ2) is 6.57. The number of rotatable bonds is 5. The van der Waals surface area contributed by atoms with Crippen molar-refractivity contribution < 1.29 is 4.39 Å². The molecule has 0 heterocycles. The van der Waals surface area contributed by atoms with Gasteiger partial charge in [-0.2, -0.15) is 0 Å². The van der Waals surface area contributed by atoms with Gasteiger partial charge in [-0.1, -0.05) is 30.7 Å². The lowest BCUT2D eigenvalue weighted by atomic mass is 10.1.